The van der Waals surface area contributed by atoms with Gasteiger partial charge in [0.05, 0.1) is 25.4 Å². The summed E-state index contributed by atoms with van der Waals surface area (Å²) >= 11 is 0. The van der Waals surface area contributed by atoms with Crippen molar-refractivity contribution in [2.24, 2.45) is 5.92 Å². The van der Waals surface area contributed by atoms with Gasteiger partial charge < -0.3 is 19.8 Å². The number of hydrogen-bond acceptors (Lipinski definition) is 6. The number of fused-ring (bicyclic) bond motifs is 2. The number of benzene rings is 3. The van der Waals surface area contributed by atoms with E-state index in [4.69, 9.17) is 4.74 Å². The van der Waals surface area contributed by atoms with E-state index in [2.05, 4.69) is 0 Å². The lowest BCUT2D eigenvalue weighted by atomic mass is 9.82. The molecule has 3 heterocycles. The second-order valence-corrected chi connectivity index (χ2v) is 11.4. The minimum atomic E-state index is -1.99. The highest BCUT2D eigenvalue weighted by molar-refractivity contribution is 6.12. The Morgan fingerprint density at radius 3 is 2.47 bits per heavy atom. The molecule has 0 saturated heterocycles. The molecule has 0 saturated carbocycles. The van der Waals surface area contributed by atoms with Crippen molar-refractivity contribution in [2.75, 3.05) is 18.6 Å². The van der Waals surface area contributed by atoms with Crippen LogP contribution in [0.5, 0.6) is 5.75 Å². The lowest BCUT2D eigenvalue weighted by Crippen LogP contribution is -2.46. The molecule has 2 aliphatic heterocycles. The molecule has 4 aromatic rings. The van der Waals surface area contributed by atoms with E-state index < -0.39 is 17.4 Å². The molecule has 2 N–H and O–H groups in total. The third-order valence-electron chi connectivity index (χ3n) is 8.85. The number of pyridine rings is 1. The van der Waals surface area contributed by atoms with E-state index in [1.54, 1.807) is 72.6 Å². The highest BCUT2D eigenvalue weighted by atomic mass is 16.5. The Morgan fingerprint density at radius 1 is 1.00 bits per heavy atom. The number of ether oxygens (including phenoxy) is 1. The fraction of sp³-hybridized carbons (Fsp3) is 0.250. The van der Waals surface area contributed by atoms with Gasteiger partial charge in [0.2, 0.25) is 5.91 Å². The quantitative estimate of drug-likeness (QED) is 0.291. The molecular formula is C36H35N3O6. The van der Waals surface area contributed by atoms with E-state index in [9.17, 15) is 24.6 Å². The van der Waals surface area contributed by atoms with Gasteiger partial charge >= 0.3 is 0 Å². The number of hydrogen-bond donors (Lipinski definition) is 2. The molecule has 0 fully saturated rings. The molecule has 2 aliphatic rings. The fourth-order valence-corrected chi connectivity index (χ4v) is 6.35. The standard InChI is InChI=1S/C36H35N3O6/c1-24(10-8-16-33(41)38-22-26-12-7-6-11-25(26)20-29(38)23-40)36(44)30-21-28(37-19-9-15-32(45-2)34(37)42)17-18-31(30)39(35(36)43)27-13-4-3-5-14-27/h3-15,17-19,21,24,29,40,44H,16,20,22-23H2,1-2H3/b10-8+/t24-,29-,36+/m0/s1. The van der Waals surface area contributed by atoms with E-state index in [-0.39, 0.29) is 36.3 Å². The maximum absolute atomic E-state index is 14.1. The Labute approximate surface area is 261 Å². The van der Waals surface area contributed by atoms with Crippen molar-refractivity contribution in [2.45, 2.75) is 38.0 Å². The molecule has 0 unspecified atom stereocenters. The van der Waals surface area contributed by atoms with E-state index >= 15 is 0 Å². The average molecular weight is 606 g/mol. The third-order valence-corrected chi connectivity index (χ3v) is 8.85. The van der Waals surface area contributed by atoms with Crippen LogP contribution in [0.25, 0.3) is 5.69 Å². The summed E-state index contributed by atoms with van der Waals surface area (Å²) in [7, 11) is 1.42. The van der Waals surface area contributed by atoms with Gasteiger partial charge in [-0.2, -0.15) is 0 Å². The Morgan fingerprint density at radius 2 is 1.73 bits per heavy atom. The van der Waals surface area contributed by atoms with Gasteiger partial charge in [-0.05, 0) is 60.0 Å². The van der Waals surface area contributed by atoms with Crippen LogP contribution < -0.4 is 15.2 Å². The van der Waals surface area contributed by atoms with Gasteiger partial charge in [0.25, 0.3) is 11.5 Å². The molecular weight excluding hydrogens is 570 g/mol. The molecule has 3 atom stereocenters. The summed E-state index contributed by atoms with van der Waals surface area (Å²) in [5.41, 5.74) is 1.73. The number of anilines is 2. The molecule has 3 aromatic carbocycles. The van der Waals surface area contributed by atoms with Crippen molar-refractivity contribution in [1.82, 2.24) is 9.47 Å². The maximum atomic E-state index is 14.1. The van der Waals surface area contributed by atoms with Gasteiger partial charge in [0.1, 0.15) is 0 Å². The third kappa shape index (κ3) is 5.24. The van der Waals surface area contributed by atoms with Gasteiger partial charge in [-0.15, -0.1) is 0 Å². The number of carbonyl (C=O) groups is 2. The Balaban J connectivity index is 1.32. The summed E-state index contributed by atoms with van der Waals surface area (Å²) < 4.78 is 6.62. The summed E-state index contributed by atoms with van der Waals surface area (Å²) in [6.45, 7) is 2.01. The molecule has 9 nitrogen and oxygen atoms in total. The second kappa shape index (κ2) is 12.2. The van der Waals surface area contributed by atoms with Crippen LogP contribution in [-0.2, 0) is 28.2 Å². The summed E-state index contributed by atoms with van der Waals surface area (Å²) in [5, 5.41) is 22.3. The molecule has 230 valence electrons. The zero-order valence-electron chi connectivity index (χ0n) is 25.2. The molecule has 0 aliphatic carbocycles. The van der Waals surface area contributed by atoms with Gasteiger partial charge in [0, 0.05) is 42.0 Å². The zero-order chi connectivity index (χ0) is 31.7. The van der Waals surface area contributed by atoms with Gasteiger partial charge in [-0.25, -0.2) is 0 Å². The molecule has 0 bridgehead atoms. The number of carbonyl (C=O) groups excluding carboxylic acids is 2. The second-order valence-electron chi connectivity index (χ2n) is 11.4. The van der Waals surface area contributed by atoms with E-state index in [1.165, 1.54) is 16.6 Å². The number of aliphatic hydroxyl groups is 2. The van der Waals surface area contributed by atoms with E-state index in [0.29, 0.717) is 35.6 Å². The van der Waals surface area contributed by atoms with Crippen molar-refractivity contribution in [3.63, 3.8) is 0 Å². The largest absolute Gasteiger partial charge is 0.491 e. The normalized spacial score (nSPS) is 19.8. The number of methoxy groups -OCH3 is 1. The van der Waals surface area contributed by atoms with Gasteiger partial charge in [-0.1, -0.05) is 61.5 Å². The van der Waals surface area contributed by atoms with Crippen molar-refractivity contribution in [3.05, 3.63) is 130 Å². The average Bonchev–Trinajstić information content (AvgIpc) is 3.30. The topological polar surface area (TPSA) is 112 Å². The first kappa shape index (κ1) is 30.1. The van der Waals surface area contributed by atoms with Crippen LogP contribution in [-0.4, -0.2) is 51.3 Å². The van der Waals surface area contributed by atoms with Crippen LogP contribution in [0.2, 0.25) is 0 Å². The maximum Gasteiger partial charge on any atom is 0.297 e. The lowest BCUT2D eigenvalue weighted by molar-refractivity contribution is -0.138. The smallest absolute Gasteiger partial charge is 0.297 e. The highest BCUT2D eigenvalue weighted by Crippen LogP contribution is 2.48. The van der Waals surface area contributed by atoms with Gasteiger partial charge in [0.15, 0.2) is 11.4 Å². The van der Waals surface area contributed by atoms with Crippen LogP contribution in [0, 0.1) is 5.92 Å². The lowest BCUT2D eigenvalue weighted by Gasteiger charge is -2.36. The van der Waals surface area contributed by atoms with Crippen LogP contribution >= 0.6 is 0 Å². The number of aliphatic hydroxyl groups excluding tert-OH is 1. The van der Waals surface area contributed by atoms with Crippen LogP contribution in [0.1, 0.15) is 30.0 Å². The minimum absolute atomic E-state index is 0.0434. The van der Waals surface area contributed by atoms with Crippen LogP contribution in [0.3, 0.4) is 0 Å². The Bertz CT molecular complexity index is 1830. The molecule has 45 heavy (non-hydrogen) atoms. The molecule has 2 amide bonds. The van der Waals surface area contributed by atoms with Crippen LogP contribution in [0.15, 0.2) is 108 Å². The summed E-state index contributed by atoms with van der Waals surface area (Å²) in [6.07, 6.45) is 5.59. The molecule has 9 heteroatoms. The summed E-state index contributed by atoms with van der Waals surface area (Å²) in [5.74, 6) is -1.26. The minimum Gasteiger partial charge on any atom is -0.491 e. The number of rotatable bonds is 8. The number of nitrogens with zero attached hydrogens (tertiary/aromatic N) is 3. The van der Waals surface area contributed by atoms with Crippen molar-refractivity contribution in [1.29, 1.82) is 0 Å². The first-order valence-electron chi connectivity index (χ1n) is 14.9. The summed E-state index contributed by atoms with van der Waals surface area (Å²) in [4.78, 5) is 43.7. The monoisotopic (exact) mass is 605 g/mol. The van der Waals surface area contributed by atoms with Crippen molar-refractivity contribution in [3.8, 4) is 11.4 Å². The van der Waals surface area contributed by atoms with E-state index in [1.807, 2.05) is 42.5 Å². The fourth-order valence-electron chi connectivity index (χ4n) is 6.35. The Hall–Kier alpha value is -4.99. The van der Waals surface area contributed by atoms with Crippen LogP contribution in [0.4, 0.5) is 11.4 Å². The molecule has 6 rings (SSSR count). The summed E-state index contributed by atoms with van der Waals surface area (Å²) in [6, 6.07) is 25.0. The van der Waals surface area contributed by atoms with E-state index in [0.717, 1.165) is 11.1 Å². The molecule has 0 radical (unpaired) electrons. The first-order chi connectivity index (χ1) is 21.8. The number of aromatic nitrogens is 1. The molecule has 0 spiro atoms. The SMILES string of the molecule is COc1cccn(-c2ccc3c(c2)[C@](O)([C@@H](C)/C=C/CC(=O)N2Cc4ccccc4C[C@H]2CO)C(=O)N3c2ccccc2)c1=O. The Kier molecular flexibility index (Phi) is 8.14. The predicted octanol–water partition coefficient (Wildman–Crippen LogP) is 4.24. The number of amides is 2. The number of para-hydroxylation sites is 1. The molecule has 1 aromatic heterocycles. The predicted molar refractivity (Wildman–Crippen MR) is 171 cm³/mol. The van der Waals surface area contributed by atoms with Crippen molar-refractivity contribution >= 4 is 23.2 Å². The van der Waals surface area contributed by atoms with Gasteiger partial charge in [-0.3, -0.25) is 23.9 Å². The highest BCUT2D eigenvalue weighted by Gasteiger charge is 2.53. The first-order valence-corrected chi connectivity index (χ1v) is 14.9. The zero-order valence-corrected chi connectivity index (χ0v) is 25.2. The van der Waals surface area contributed by atoms with Crippen molar-refractivity contribution < 1.29 is 24.5 Å².